The summed E-state index contributed by atoms with van der Waals surface area (Å²) in [7, 11) is 0. The van der Waals surface area contributed by atoms with Crippen molar-refractivity contribution in [3.8, 4) is 0 Å². The normalized spacial score (nSPS) is 29.0. The number of hydrogen-bond donors (Lipinski definition) is 1. The van der Waals surface area contributed by atoms with Crippen molar-refractivity contribution in [2.75, 3.05) is 5.88 Å². The van der Waals surface area contributed by atoms with Crippen molar-refractivity contribution in [2.24, 2.45) is 0 Å². The maximum absolute atomic E-state index is 11.7. The molecule has 0 aromatic carbocycles. The quantitative estimate of drug-likeness (QED) is 0.568. The maximum atomic E-state index is 11.7. The van der Waals surface area contributed by atoms with Gasteiger partial charge in [0.2, 0.25) is 0 Å². The molecule has 0 spiro atoms. The van der Waals surface area contributed by atoms with Gasteiger partial charge in [-0.15, -0.1) is 11.8 Å². The Kier molecular flexibility index (Phi) is 1.91. The van der Waals surface area contributed by atoms with Gasteiger partial charge in [-0.2, -0.15) is 13.2 Å². The minimum absolute atomic E-state index is 0.365. The molecule has 1 fully saturated rings. The first-order valence-electron chi connectivity index (χ1n) is 2.36. The van der Waals surface area contributed by atoms with E-state index in [1.807, 2.05) is 0 Å². The molecule has 5 heteroatoms. The van der Waals surface area contributed by atoms with Crippen LogP contribution in [0.3, 0.4) is 0 Å². The standard InChI is InChI=1S/C4H5F3NS/c5-4(6,7)3-1-8-2-9-3/h1,3,8H,2H2. The Labute approximate surface area is 55.0 Å². The Morgan fingerprint density at radius 1 is 1.56 bits per heavy atom. The summed E-state index contributed by atoms with van der Waals surface area (Å²) in [6.45, 7) is 1.07. The van der Waals surface area contributed by atoms with Crippen LogP contribution in [0.2, 0.25) is 0 Å². The summed E-state index contributed by atoms with van der Waals surface area (Å²) in [6.07, 6.45) is -4.08. The zero-order valence-electron chi connectivity index (χ0n) is 4.40. The first-order chi connectivity index (χ1) is 4.11. The molecule has 0 aliphatic carbocycles. The largest absolute Gasteiger partial charge is 0.402 e. The molecule has 1 heterocycles. The van der Waals surface area contributed by atoms with Gasteiger partial charge in [-0.3, -0.25) is 0 Å². The third-order valence-corrected chi connectivity index (χ3v) is 2.03. The van der Waals surface area contributed by atoms with Gasteiger partial charge in [0.15, 0.2) is 0 Å². The molecule has 9 heavy (non-hydrogen) atoms. The van der Waals surface area contributed by atoms with E-state index in [1.54, 1.807) is 0 Å². The zero-order valence-corrected chi connectivity index (χ0v) is 5.22. The Morgan fingerprint density at radius 2 is 2.22 bits per heavy atom. The van der Waals surface area contributed by atoms with Crippen molar-refractivity contribution in [1.29, 1.82) is 0 Å². The van der Waals surface area contributed by atoms with Crippen molar-refractivity contribution in [2.45, 2.75) is 11.4 Å². The second-order valence-corrected chi connectivity index (χ2v) is 2.77. The number of hydrogen-bond acceptors (Lipinski definition) is 2. The van der Waals surface area contributed by atoms with Crippen LogP contribution in [0.5, 0.6) is 0 Å². The lowest BCUT2D eigenvalue weighted by Gasteiger charge is -2.10. The summed E-state index contributed by atoms with van der Waals surface area (Å²) < 4.78 is 35.0. The molecule has 53 valence electrons. The minimum atomic E-state index is -4.08. The van der Waals surface area contributed by atoms with E-state index in [0.29, 0.717) is 5.88 Å². The average molecular weight is 156 g/mol. The van der Waals surface area contributed by atoms with Crippen molar-refractivity contribution >= 4 is 11.8 Å². The van der Waals surface area contributed by atoms with E-state index in [-0.39, 0.29) is 0 Å². The highest BCUT2D eigenvalue weighted by molar-refractivity contribution is 8.00. The van der Waals surface area contributed by atoms with Crippen LogP contribution in [0.1, 0.15) is 0 Å². The second-order valence-electron chi connectivity index (χ2n) is 1.64. The van der Waals surface area contributed by atoms with Crippen LogP contribution in [0.4, 0.5) is 13.2 Å². The number of rotatable bonds is 0. The fourth-order valence-corrected chi connectivity index (χ4v) is 1.28. The van der Waals surface area contributed by atoms with Gasteiger partial charge in [-0.05, 0) is 0 Å². The molecule has 1 saturated heterocycles. The number of nitrogens with one attached hydrogen (secondary N) is 1. The van der Waals surface area contributed by atoms with E-state index in [9.17, 15) is 13.2 Å². The molecule has 0 bridgehead atoms. The van der Waals surface area contributed by atoms with Crippen LogP contribution < -0.4 is 5.32 Å². The number of alkyl halides is 3. The highest BCUT2D eigenvalue weighted by Crippen LogP contribution is 2.33. The van der Waals surface area contributed by atoms with E-state index in [1.165, 1.54) is 0 Å². The number of halogens is 3. The van der Waals surface area contributed by atoms with Crippen LogP contribution in [0.25, 0.3) is 0 Å². The molecule has 1 atom stereocenters. The predicted octanol–water partition coefficient (Wildman–Crippen LogP) is 1.37. The van der Waals surface area contributed by atoms with Crippen molar-refractivity contribution in [1.82, 2.24) is 5.32 Å². The van der Waals surface area contributed by atoms with Crippen molar-refractivity contribution in [3.05, 3.63) is 6.54 Å². The lowest BCUT2D eigenvalue weighted by Crippen LogP contribution is -2.24. The molecule has 1 N–H and O–H groups in total. The van der Waals surface area contributed by atoms with Gasteiger partial charge < -0.3 is 5.32 Å². The summed E-state index contributed by atoms with van der Waals surface area (Å²) >= 11 is 0.858. The smallest absolute Gasteiger partial charge is 0.302 e. The average Bonchev–Trinajstić information content (AvgIpc) is 2.08. The molecule has 0 aromatic rings. The fraction of sp³-hybridized carbons (Fsp3) is 0.750. The van der Waals surface area contributed by atoms with E-state index < -0.39 is 11.4 Å². The number of thioether (sulfide) groups is 1. The topological polar surface area (TPSA) is 12.0 Å². The third kappa shape index (κ3) is 1.76. The molecule has 1 radical (unpaired) electrons. The highest BCUT2D eigenvalue weighted by Gasteiger charge is 2.41. The van der Waals surface area contributed by atoms with Gasteiger partial charge in [-0.25, -0.2) is 0 Å². The zero-order chi connectivity index (χ0) is 6.91. The molecule has 1 unspecified atom stereocenters. The van der Waals surface area contributed by atoms with Gasteiger partial charge in [-0.1, -0.05) is 0 Å². The van der Waals surface area contributed by atoms with Crippen LogP contribution >= 0.6 is 11.8 Å². The summed E-state index contributed by atoms with van der Waals surface area (Å²) in [6, 6.07) is 0. The predicted molar refractivity (Wildman–Crippen MR) is 29.7 cm³/mol. The van der Waals surface area contributed by atoms with E-state index in [2.05, 4.69) is 5.32 Å². The Morgan fingerprint density at radius 3 is 2.44 bits per heavy atom. The summed E-state index contributed by atoms with van der Waals surface area (Å²) in [5.41, 5.74) is 0. The Bertz CT molecular complexity index is 96.5. The minimum Gasteiger partial charge on any atom is -0.302 e. The SMILES string of the molecule is FC(F)(F)C1[CH]NCS1. The molecule has 1 rings (SSSR count). The summed E-state index contributed by atoms with van der Waals surface area (Å²) in [4.78, 5) is 0. The van der Waals surface area contributed by atoms with E-state index in [0.717, 1.165) is 18.3 Å². The molecular formula is C4H5F3NS. The molecule has 1 nitrogen and oxygen atoms in total. The van der Waals surface area contributed by atoms with Crippen LogP contribution in [0.15, 0.2) is 0 Å². The summed E-state index contributed by atoms with van der Waals surface area (Å²) in [5.74, 6) is 0.365. The van der Waals surface area contributed by atoms with E-state index >= 15 is 0 Å². The van der Waals surface area contributed by atoms with E-state index in [4.69, 9.17) is 0 Å². The first-order valence-corrected chi connectivity index (χ1v) is 3.40. The van der Waals surface area contributed by atoms with Crippen molar-refractivity contribution in [3.63, 3.8) is 0 Å². The van der Waals surface area contributed by atoms with Gasteiger partial charge >= 0.3 is 6.18 Å². The van der Waals surface area contributed by atoms with Crippen molar-refractivity contribution < 1.29 is 13.2 Å². The lowest BCUT2D eigenvalue weighted by molar-refractivity contribution is -0.122. The molecule has 0 amide bonds. The third-order valence-electron chi connectivity index (χ3n) is 0.938. The molecule has 0 saturated carbocycles. The van der Waals surface area contributed by atoms with Gasteiger partial charge in [0, 0.05) is 12.4 Å². The van der Waals surface area contributed by atoms with Gasteiger partial charge in [0.25, 0.3) is 0 Å². The molecule has 1 aliphatic rings. The Balaban J connectivity index is 2.42. The van der Waals surface area contributed by atoms with Gasteiger partial charge in [0.05, 0.1) is 0 Å². The molecular weight excluding hydrogens is 151 g/mol. The van der Waals surface area contributed by atoms with Crippen LogP contribution in [0, 0.1) is 6.54 Å². The van der Waals surface area contributed by atoms with Crippen LogP contribution in [-0.2, 0) is 0 Å². The highest BCUT2D eigenvalue weighted by atomic mass is 32.2. The lowest BCUT2D eigenvalue weighted by atomic mass is 10.4. The molecule has 0 aromatic heterocycles. The second kappa shape index (κ2) is 2.38. The monoisotopic (exact) mass is 156 g/mol. The Hall–Kier alpha value is 0.100. The molecule has 1 aliphatic heterocycles. The fourth-order valence-electron chi connectivity index (χ4n) is 0.530. The maximum Gasteiger partial charge on any atom is 0.402 e. The first kappa shape index (κ1) is 7.21. The van der Waals surface area contributed by atoms with Gasteiger partial charge in [0.1, 0.15) is 5.25 Å². The summed E-state index contributed by atoms with van der Waals surface area (Å²) in [5, 5.41) is 1.19. The van der Waals surface area contributed by atoms with Crippen LogP contribution in [-0.4, -0.2) is 17.3 Å².